The van der Waals surface area contributed by atoms with E-state index in [9.17, 15) is 4.79 Å². The largest absolute Gasteiger partial charge is 0.477 e. The van der Waals surface area contributed by atoms with Crippen molar-refractivity contribution in [1.82, 2.24) is 9.78 Å². The van der Waals surface area contributed by atoms with Gasteiger partial charge in [0.05, 0.1) is 0 Å². The molecule has 0 aromatic carbocycles. The number of carboxylic acids is 1. The lowest BCUT2D eigenvalue weighted by Crippen LogP contribution is -2.11. The van der Waals surface area contributed by atoms with Crippen LogP contribution in [0.15, 0.2) is 12.3 Å². The smallest absolute Gasteiger partial charge is 0.354 e. The third-order valence-corrected chi connectivity index (χ3v) is 1.80. The standard InChI is InChI=1S/C9H14N2O3/c1-2-14-7-3-6-11-8(9(12)13)4-5-10-11/h4-5H,2-3,6-7H2,1H3,(H,12,13). The number of rotatable bonds is 6. The van der Waals surface area contributed by atoms with Crippen LogP contribution in [0.1, 0.15) is 23.8 Å². The molecule has 0 radical (unpaired) electrons. The van der Waals surface area contributed by atoms with Gasteiger partial charge >= 0.3 is 5.97 Å². The molecule has 0 atom stereocenters. The Morgan fingerprint density at radius 3 is 3.14 bits per heavy atom. The van der Waals surface area contributed by atoms with Crippen molar-refractivity contribution in [2.45, 2.75) is 19.9 Å². The molecule has 0 aliphatic carbocycles. The Bertz CT molecular complexity index is 296. The molecule has 5 nitrogen and oxygen atoms in total. The first-order chi connectivity index (χ1) is 6.75. The molecule has 0 aliphatic heterocycles. The fourth-order valence-corrected chi connectivity index (χ4v) is 1.15. The summed E-state index contributed by atoms with van der Waals surface area (Å²) in [6, 6.07) is 1.49. The molecule has 0 saturated heterocycles. The Kier molecular flexibility index (Phi) is 4.12. The molecule has 5 heteroatoms. The lowest BCUT2D eigenvalue weighted by Gasteiger charge is -2.04. The third-order valence-electron chi connectivity index (χ3n) is 1.80. The lowest BCUT2D eigenvalue weighted by atomic mass is 10.4. The van der Waals surface area contributed by atoms with Gasteiger partial charge in [-0.1, -0.05) is 0 Å². The zero-order valence-corrected chi connectivity index (χ0v) is 8.14. The van der Waals surface area contributed by atoms with E-state index in [1.165, 1.54) is 16.9 Å². The van der Waals surface area contributed by atoms with E-state index in [-0.39, 0.29) is 5.69 Å². The Balaban J connectivity index is 2.42. The molecule has 0 amide bonds. The number of aryl methyl sites for hydroxylation is 1. The third kappa shape index (κ3) is 2.85. The van der Waals surface area contributed by atoms with Crippen LogP contribution >= 0.6 is 0 Å². The van der Waals surface area contributed by atoms with E-state index in [1.807, 2.05) is 6.92 Å². The minimum Gasteiger partial charge on any atom is -0.477 e. The van der Waals surface area contributed by atoms with Crippen molar-refractivity contribution in [2.75, 3.05) is 13.2 Å². The van der Waals surface area contributed by atoms with Crippen molar-refractivity contribution in [2.24, 2.45) is 0 Å². The second kappa shape index (κ2) is 5.39. The maximum Gasteiger partial charge on any atom is 0.354 e. The summed E-state index contributed by atoms with van der Waals surface area (Å²) < 4.78 is 6.62. The van der Waals surface area contributed by atoms with E-state index in [1.54, 1.807) is 0 Å². The van der Waals surface area contributed by atoms with E-state index < -0.39 is 5.97 Å². The fourth-order valence-electron chi connectivity index (χ4n) is 1.15. The van der Waals surface area contributed by atoms with Crippen LogP contribution in [0.5, 0.6) is 0 Å². The summed E-state index contributed by atoms with van der Waals surface area (Å²) >= 11 is 0. The first kappa shape index (κ1) is 10.7. The number of hydrogen-bond donors (Lipinski definition) is 1. The van der Waals surface area contributed by atoms with Crippen LogP contribution in [0.25, 0.3) is 0 Å². The molecule has 1 N–H and O–H groups in total. The lowest BCUT2D eigenvalue weighted by molar-refractivity contribution is 0.0681. The maximum atomic E-state index is 10.7. The van der Waals surface area contributed by atoms with Crippen LogP contribution in [0.3, 0.4) is 0 Å². The van der Waals surface area contributed by atoms with Crippen molar-refractivity contribution in [3.8, 4) is 0 Å². The molecule has 0 spiro atoms. The molecular weight excluding hydrogens is 184 g/mol. The van der Waals surface area contributed by atoms with Crippen LogP contribution in [-0.4, -0.2) is 34.1 Å². The maximum absolute atomic E-state index is 10.7. The first-order valence-corrected chi connectivity index (χ1v) is 4.58. The van der Waals surface area contributed by atoms with Crippen molar-refractivity contribution in [1.29, 1.82) is 0 Å². The number of aromatic carboxylic acids is 1. The number of nitrogens with zero attached hydrogens (tertiary/aromatic N) is 2. The van der Waals surface area contributed by atoms with Crippen molar-refractivity contribution in [3.05, 3.63) is 18.0 Å². The van der Waals surface area contributed by atoms with Crippen LogP contribution in [0.4, 0.5) is 0 Å². The average Bonchev–Trinajstić information content (AvgIpc) is 2.60. The summed E-state index contributed by atoms with van der Waals surface area (Å²) in [5.41, 5.74) is 0.224. The van der Waals surface area contributed by atoms with Gasteiger partial charge in [-0.2, -0.15) is 5.10 Å². The molecule has 0 saturated carbocycles. The van der Waals surface area contributed by atoms with Gasteiger partial charge in [-0.3, -0.25) is 4.68 Å². The van der Waals surface area contributed by atoms with Gasteiger partial charge in [0, 0.05) is 26.0 Å². The number of hydrogen-bond acceptors (Lipinski definition) is 3. The zero-order chi connectivity index (χ0) is 10.4. The van der Waals surface area contributed by atoms with Gasteiger partial charge in [0.15, 0.2) is 0 Å². The minimum absolute atomic E-state index is 0.224. The summed E-state index contributed by atoms with van der Waals surface area (Å²) in [7, 11) is 0. The van der Waals surface area contributed by atoms with Gasteiger partial charge in [-0.05, 0) is 19.4 Å². The van der Waals surface area contributed by atoms with Crippen molar-refractivity contribution >= 4 is 5.97 Å². The van der Waals surface area contributed by atoms with Gasteiger partial charge in [-0.25, -0.2) is 4.79 Å². The highest BCUT2D eigenvalue weighted by Crippen LogP contribution is 2.00. The van der Waals surface area contributed by atoms with Crippen molar-refractivity contribution in [3.63, 3.8) is 0 Å². The summed E-state index contributed by atoms with van der Waals surface area (Å²) in [6.45, 7) is 3.82. The number of aromatic nitrogens is 2. The normalized spacial score (nSPS) is 10.4. The first-order valence-electron chi connectivity index (χ1n) is 4.58. The second-order valence-electron chi connectivity index (χ2n) is 2.80. The molecule has 0 aliphatic rings. The monoisotopic (exact) mass is 198 g/mol. The summed E-state index contributed by atoms with van der Waals surface area (Å²) in [5.74, 6) is -0.945. The number of carbonyl (C=O) groups is 1. The van der Waals surface area contributed by atoms with Crippen LogP contribution in [-0.2, 0) is 11.3 Å². The second-order valence-corrected chi connectivity index (χ2v) is 2.80. The SMILES string of the molecule is CCOCCCn1nccc1C(=O)O. The highest BCUT2D eigenvalue weighted by Gasteiger charge is 2.08. The quantitative estimate of drug-likeness (QED) is 0.693. The molecule has 1 rings (SSSR count). The van der Waals surface area contributed by atoms with Crippen LogP contribution in [0.2, 0.25) is 0 Å². The van der Waals surface area contributed by atoms with Gasteiger partial charge in [0.25, 0.3) is 0 Å². The molecule has 0 fully saturated rings. The van der Waals surface area contributed by atoms with Crippen LogP contribution < -0.4 is 0 Å². The predicted octanol–water partition coefficient (Wildman–Crippen LogP) is 1.01. The molecule has 0 bridgehead atoms. The number of carboxylic acid groups (broad SMARTS) is 1. The Morgan fingerprint density at radius 2 is 2.50 bits per heavy atom. The van der Waals surface area contributed by atoms with Crippen molar-refractivity contribution < 1.29 is 14.6 Å². The van der Waals surface area contributed by atoms with E-state index in [0.29, 0.717) is 19.8 Å². The highest BCUT2D eigenvalue weighted by molar-refractivity contribution is 5.85. The van der Waals surface area contributed by atoms with E-state index in [4.69, 9.17) is 9.84 Å². The van der Waals surface area contributed by atoms with Gasteiger partial charge in [0.1, 0.15) is 5.69 Å². The van der Waals surface area contributed by atoms with Gasteiger partial charge in [0.2, 0.25) is 0 Å². The minimum atomic E-state index is -0.945. The molecule has 1 heterocycles. The van der Waals surface area contributed by atoms with Gasteiger partial charge < -0.3 is 9.84 Å². The average molecular weight is 198 g/mol. The van der Waals surface area contributed by atoms with E-state index >= 15 is 0 Å². The summed E-state index contributed by atoms with van der Waals surface area (Å²) in [4.78, 5) is 10.7. The Labute approximate surface area is 82.3 Å². The fraction of sp³-hybridized carbons (Fsp3) is 0.556. The molecule has 1 aromatic rings. The summed E-state index contributed by atoms with van der Waals surface area (Å²) in [5, 5.41) is 12.7. The molecule has 78 valence electrons. The summed E-state index contributed by atoms with van der Waals surface area (Å²) in [6.07, 6.45) is 2.26. The molecule has 1 aromatic heterocycles. The predicted molar refractivity (Wildman–Crippen MR) is 50.3 cm³/mol. The number of ether oxygens (including phenoxy) is 1. The van der Waals surface area contributed by atoms with E-state index in [0.717, 1.165) is 6.42 Å². The topological polar surface area (TPSA) is 64.4 Å². The highest BCUT2D eigenvalue weighted by atomic mass is 16.5. The van der Waals surface area contributed by atoms with Gasteiger partial charge in [-0.15, -0.1) is 0 Å². The molecule has 0 unspecified atom stereocenters. The van der Waals surface area contributed by atoms with Crippen LogP contribution in [0, 0.1) is 0 Å². The molecule has 14 heavy (non-hydrogen) atoms. The molecular formula is C9H14N2O3. The van der Waals surface area contributed by atoms with E-state index in [2.05, 4.69) is 5.10 Å². The zero-order valence-electron chi connectivity index (χ0n) is 8.14. The Morgan fingerprint density at radius 1 is 1.71 bits per heavy atom. The Hall–Kier alpha value is -1.36.